The average molecular weight is 376 g/mol. The van der Waals surface area contributed by atoms with Crippen LogP contribution in [0, 0.1) is 11.3 Å². The standard InChI is InChI=1S/C20H16N4O4/c1-12(19(26)22-14-6-4-5-13(9-14)11-21)28-18(25)10-17-15-7-2-3-8-16(15)20(27)24-23-17/h2-9,12H,10H2,1H3,(H,22,26)(H,24,27). The maximum Gasteiger partial charge on any atom is 0.312 e. The highest BCUT2D eigenvalue weighted by molar-refractivity contribution is 5.95. The Hall–Kier alpha value is -3.99. The summed E-state index contributed by atoms with van der Waals surface area (Å²) in [4.78, 5) is 36.3. The van der Waals surface area contributed by atoms with Crippen LogP contribution in [0.5, 0.6) is 0 Å². The molecule has 1 amide bonds. The van der Waals surface area contributed by atoms with Crippen molar-refractivity contribution in [1.82, 2.24) is 10.2 Å². The third kappa shape index (κ3) is 4.22. The first-order valence-electron chi connectivity index (χ1n) is 8.44. The van der Waals surface area contributed by atoms with E-state index in [2.05, 4.69) is 15.5 Å². The van der Waals surface area contributed by atoms with Crippen molar-refractivity contribution in [3.8, 4) is 6.07 Å². The number of amides is 1. The first-order valence-corrected chi connectivity index (χ1v) is 8.44. The second-order valence-corrected chi connectivity index (χ2v) is 6.04. The molecule has 3 rings (SSSR count). The number of hydrogen-bond acceptors (Lipinski definition) is 6. The molecule has 0 aliphatic rings. The van der Waals surface area contributed by atoms with E-state index in [0.29, 0.717) is 27.7 Å². The Morgan fingerprint density at radius 2 is 1.96 bits per heavy atom. The molecule has 0 fully saturated rings. The Balaban J connectivity index is 1.66. The minimum Gasteiger partial charge on any atom is -0.452 e. The zero-order valence-corrected chi connectivity index (χ0v) is 14.9. The summed E-state index contributed by atoms with van der Waals surface area (Å²) in [7, 11) is 0. The van der Waals surface area contributed by atoms with Crippen molar-refractivity contribution in [3.05, 3.63) is 70.1 Å². The normalized spacial score (nSPS) is 11.4. The molecule has 3 aromatic rings. The number of rotatable bonds is 5. The van der Waals surface area contributed by atoms with Crippen LogP contribution in [0.25, 0.3) is 10.8 Å². The minimum atomic E-state index is -1.05. The number of anilines is 1. The van der Waals surface area contributed by atoms with Gasteiger partial charge in [-0.25, -0.2) is 5.10 Å². The number of nitrogens with zero attached hydrogens (tertiary/aromatic N) is 2. The van der Waals surface area contributed by atoms with E-state index in [1.165, 1.54) is 13.0 Å². The molecule has 1 aromatic heterocycles. The Bertz CT molecular complexity index is 1150. The molecule has 1 heterocycles. The van der Waals surface area contributed by atoms with Gasteiger partial charge < -0.3 is 10.1 Å². The van der Waals surface area contributed by atoms with Gasteiger partial charge in [0.25, 0.3) is 11.5 Å². The summed E-state index contributed by atoms with van der Waals surface area (Å²) in [6.07, 6.45) is -1.24. The monoisotopic (exact) mass is 376 g/mol. The van der Waals surface area contributed by atoms with Crippen molar-refractivity contribution < 1.29 is 14.3 Å². The first kappa shape index (κ1) is 18.8. The molecule has 8 heteroatoms. The fourth-order valence-electron chi connectivity index (χ4n) is 2.65. The largest absolute Gasteiger partial charge is 0.452 e. The summed E-state index contributed by atoms with van der Waals surface area (Å²) < 4.78 is 5.18. The Kier molecular flexibility index (Phi) is 5.46. The van der Waals surface area contributed by atoms with E-state index >= 15 is 0 Å². The Morgan fingerprint density at radius 1 is 1.21 bits per heavy atom. The lowest BCUT2D eigenvalue weighted by Crippen LogP contribution is -2.30. The fraction of sp³-hybridized carbons (Fsp3) is 0.150. The highest BCUT2D eigenvalue weighted by atomic mass is 16.5. The van der Waals surface area contributed by atoms with E-state index in [4.69, 9.17) is 10.00 Å². The van der Waals surface area contributed by atoms with Crippen LogP contribution < -0.4 is 10.9 Å². The van der Waals surface area contributed by atoms with Gasteiger partial charge in [0.15, 0.2) is 6.10 Å². The third-order valence-corrected chi connectivity index (χ3v) is 4.02. The van der Waals surface area contributed by atoms with Gasteiger partial charge in [-0.05, 0) is 31.2 Å². The zero-order valence-electron chi connectivity index (χ0n) is 14.9. The highest BCUT2D eigenvalue weighted by Crippen LogP contribution is 2.14. The molecule has 1 unspecified atom stereocenters. The molecule has 1 atom stereocenters. The van der Waals surface area contributed by atoms with E-state index in [1.807, 2.05) is 6.07 Å². The number of nitrogens with one attached hydrogen (secondary N) is 2. The number of esters is 1. The number of ether oxygens (including phenoxy) is 1. The number of aromatic nitrogens is 2. The number of hydrogen-bond donors (Lipinski definition) is 2. The Morgan fingerprint density at radius 3 is 2.71 bits per heavy atom. The zero-order chi connectivity index (χ0) is 20.1. The van der Waals surface area contributed by atoms with Gasteiger partial charge in [0, 0.05) is 11.1 Å². The minimum absolute atomic E-state index is 0.196. The number of aromatic amines is 1. The predicted molar refractivity (Wildman–Crippen MR) is 101 cm³/mol. The van der Waals surface area contributed by atoms with Crippen LogP contribution >= 0.6 is 0 Å². The van der Waals surface area contributed by atoms with Crippen LogP contribution in [-0.2, 0) is 20.7 Å². The van der Waals surface area contributed by atoms with Crippen molar-refractivity contribution >= 4 is 28.3 Å². The van der Waals surface area contributed by atoms with Crippen LogP contribution in [0.2, 0.25) is 0 Å². The quantitative estimate of drug-likeness (QED) is 0.655. The van der Waals surface area contributed by atoms with Crippen LogP contribution in [0.15, 0.2) is 53.3 Å². The van der Waals surface area contributed by atoms with Crippen LogP contribution in [0.1, 0.15) is 18.2 Å². The maximum atomic E-state index is 12.2. The average Bonchev–Trinajstić information content (AvgIpc) is 2.70. The van der Waals surface area contributed by atoms with Crippen LogP contribution in [0.4, 0.5) is 5.69 Å². The van der Waals surface area contributed by atoms with Crippen molar-refractivity contribution in [2.45, 2.75) is 19.4 Å². The number of H-pyrrole nitrogens is 1. The molecule has 140 valence electrons. The van der Waals surface area contributed by atoms with Crippen LogP contribution in [-0.4, -0.2) is 28.2 Å². The van der Waals surface area contributed by atoms with E-state index in [0.717, 1.165) is 0 Å². The Labute approximate surface area is 159 Å². The van der Waals surface area contributed by atoms with E-state index in [1.54, 1.807) is 42.5 Å². The summed E-state index contributed by atoms with van der Waals surface area (Å²) >= 11 is 0. The molecule has 0 radical (unpaired) electrons. The van der Waals surface area contributed by atoms with Gasteiger partial charge in [0.05, 0.1) is 29.1 Å². The smallest absolute Gasteiger partial charge is 0.312 e. The lowest BCUT2D eigenvalue weighted by Gasteiger charge is -2.14. The lowest BCUT2D eigenvalue weighted by atomic mass is 10.1. The molecule has 0 saturated carbocycles. The van der Waals surface area contributed by atoms with Crippen molar-refractivity contribution in [2.75, 3.05) is 5.32 Å². The SMILES string of the molecule is CC(OC(=O)Cc1n[nH]c(=O)c2ccccc12)C(=O)Nc1cccc(C#N)c1. The molecule has 2 N–H and O–H groups in total. The summed E-state index contributed by atoms with van der Waals surface area (Å²) in [6, 6.07) is 15.2. The van der Waals surface area contributed by atoms with Gasteiger partial charge in [-0.2, -0.15) is 10.4 Å². The van der Waals surface area contributed by atoms with Gasteiger partial charge in [-0.1, -0.05) is 24.3 Å². The molecule has 0 aliphatic carbocycles. The summed E-state index contributed by atoms with van der Waals surface area (Å²) in [5.74, 6) is -1.18. The van der Waals surface area contributed by atoms with E-state index in [-0.39, 0.29) is 12.0 Å². The van der Waals surface area contributed by atoms with E-state index < -0.39 is 18.0 Å². The van der Waals surface area contributed by atoms with Crippen LogP contribution in [0.3, 0.4) is 0 Å². The molecular weight excluding hydrogens is 360 g/mol. The summed E-state index contributed by atoms with van der Waals surface area (Å²) in [6.45, 7) is 1.44. The number of carbonyl (C=O) groups excluding carboxylic acids is 2. The number of fused-ring (bicyclic) bond motifs is 1. The fourth-order valence-corrected chi connectivity index (χ4v) is 2.65. The predicted octanol–water partition coefficient (Wildman–Crippen LogP) is 1.91. The number of benzene rings is 2. The second kappa shape index (κ2) is 8.14. The molecule has 0 saturated heterocycles. The molecule has 0 spiro atoms. The number of carbonyl (C=O) groups is 2. The molecule has 0 bridgehead atoms. The number of nitriles is 1. The molecular formula is C20H16N4O4. The topological polar surface area (TPSA) is 125 Å². The molecule has 0 aliphatic heterocycles. The van der Waals surface area contributed by atoms with Gasteiger partial charge in [0.1, 0.15) is 0 Å². The van der Waals surface area contributed by atoms with Gasteiger partial charge in [-0.15, -0.1) is 0 Å². The second-order valence-electron chi connectivity index (χ2n) is 6.04. The molecule has 8 nitrogen and oxygen atoms in total. The van der Waals surface area contributed by atoms with Gasteiger partial charge in [-0.3, -0.25) is 14.4 Å². The lowest BCUT2D eigenvalue weighted by molar-refractivity contribution is -0.152. The van der Waals surface area contributed by atoms with Gasteiger partial charge >= 0.3 is 5.97 Å². The summed E-state index contributed by atoms with van der Waals surface area (Å²) in [5.41, 5.74) is 0.841. The molecule has 28 heavy (non-hydrogen) atoms. The maximum absolute atomic E-state index is 12.2. The van der Waals surface area contributed by atoms with Crippen molar-refractivity contribution in [1.29, 1.82) is 5.26 Å². The van der Waals surface area contributed by atoms with E-state index in [9.17, 15) is 14.4 Å². The first-order chi connectivity index (χ1) is 13.5. The van der Waals surface area contributed by atoms with Crippen molar-refractivity contribution in [2.24, 2.45) is 0 Å². The van der Waals surface area contributed by atoms with Crippen molar-refractivity contribution in [3.63, 3.8) is 0 Å². The third-order valence-electron chi connectivity index (χ3n) is 4.02. The highest BCUT2D eigenvalue weighted by Gasteiger charge is 2.19. The summed E-state index contributed by atoms with van der Waals surface area (Å²) in [5, 5.41) is 18.7. The van der Waals surface area contributed by atoms with Gasteiger partial charge in [0.2, 0.25) is 0 Å². The molecule has 2 aromatic carbocycles.